The average Bonchev–Trinajstić information content (AvgIpc) is 3.42. The number of carbonyl (C=O) groups is 2. The molecular weight excluding hydrogens is 435 g/mol. The van der Waals surface area contributed by atoms with E-state index in [1.165, 1.54) is 12.1 Å². The van der Waals surface area contributed by atoms with E-state index in [4.69, 9.17) is 0 Å². The van der Waals surface area contributed by atoms with Gasteiger partial charge in [-0.25, -0.2) is 9.07 Å². The van der Waals surface area contributed by atoms with E-state index >= 15 is 0 Å². The van der Waals surface area contributed by atoms with E-state index < -0.39 is 0 Å². The molecule has 0 fully saturated rings. The Balaban J connectivity index is 1.35. The highest BCUT2D eigenvalue weighted by Gasteiger charge is 2.16. The van der Waals surface area contributed by atoms with Crippen molar-refractivity contribution >= 4 is 17.5 Å². The summed E-state index contributed by atoms with van der Waals surface area (Å²) in [4.78, 5) is 24.8. The summed E-state index contributed by atoms with van der Waals surface area (Å²) in [5.41, 5.74) is 4.67. The molecule has 0 radical (unpaired) electrons. The molecule has 0 saturated heterocycles. The second-order valence-corrected chi connectivity index (χ2v) is 7.94. The first-order valence-corrected chi connectivity index (χ1v) is 10.8. The van der Waals surface area contributed by atoms with E-state index in [0.717, 1.165) is 28.2 Å². The van der Waals surface area contributed by atoms with Crippen LogP contribution in [0.1, 0.15) is 22.5 Å². The molecule has 0 spiro atoms. The van der Waals surface area contributed by atoms with Gasteiger partial charge in [-0.3, -0.25) is 14.3 Å². The fourth-order valence-corrected chi connectivity index (χ4v) is 3.69. The molecule has 4 rings (SSSR count). The molecule has 0 aliphatic carbocycles. The number of aryl methyl sites for hydroxylation is 1. The first-order valence-electron chi connectivity index (χ1n) is 10.8. The van der Waals surface area contributed by atoms with Gasteiger partial charge in [0.2, 0.25) is 11.8 Å². The molecule has 2 aromatic carbocycles. The second kappa shape index (κ2) is 10.1. The molecule has 0 saturated carbocycles. The second-order valence-electron chi connectivity index (χ2n) is 7.94. The summed E-state index contributed by atoms with van der Waals surface area (Å²) >= 11 is 0. The molecule has 2 aromatic heterocycles. The lowest BCUT2D eigenvalue weighted by atomic mass is 10.1. The number of anilines is 1. The quantitative estimate of drug-likeness (QED) is 0.422. The lowest BCUT2D eigenvalue weighted by Crippen LogP contribution is -2.25. The van der Waals surface area contributed by atoms with E-state index in [2.05, 4.69) is 20.8 Å². The summed E-state index contributed by atoms with van der Waals surface area (Å²) in [6, 6.07) is 15.1. The number of hydrogen-bond acceptors (Lipinski definition) is 4. The van der Waals surface area contributed by atoms with E-state index in [1.807, 2.05) is 32.0 Å². The first-order chi connectivity index (χ1) is 16.4. The zero-order valence-corrected chi connectivity index (χ0v) is 19.0. The smallest absolute Gasteiger partial charge is 0.246 e. The number of carbonyl (C=O) groups excluding carboxylic acids is 2. The summed E-state index contributed by atoms with van der Waals surface area (Å²) in [7, 11) is 0. The third-order valence-electron chi connectivity index (χ3n) is 5.41. The fourth-order valence-electron chi connectivity index (χ4n) is 3.69. The highest BCUT2D eigenvalue weighted by Crippen LogP contribution is 2.19. The number of amides is 2. The SMILES string of the molecule is Cc1nn(-c2ccc(F)cc2)c(C)c1CC(=O)NCc1cccc(NC(=O)Cn2cccn2)c1. The van der Waals surface area contributed by atoms with E-state index in [9.17, 15) is 14.0 Å². The van der Waals surface area contributed by atoms with Gasteiger partial charge >= 0.3 is 0 Å². The monoisotopic (exact) mass is 460 g/mol. The Morgan fingerprint density at radius 3 is 2.56 bits per heavy atom. The molecule has 34 heavy (non-hydrogen) atoms. The molecule has 0 atom stereocenters. The Bertz CT molecular complexity index is 1300. The predicted octanol–water partition coefficient (Wildman–Crippen LogP) is 3.32. The Kier molecular flexibility index (Phi) is 6.82. The normalized spacial score (nSPS) is 10.8. The number of nitrogens with zero attached hydrogens (tertiary/aromatic N) is 4. The van der Waals surface area contributed by atoms with Crippen LogP contribution in [0, 0.1) is 19.7 Å². The number of aromatic nitrogens is 4. The van der Waals surface area contributed by atoms with Gasteiger partial charge < -0.3 is 10.6 Å². The van der Waals surface area contributed by atoms with Crippen LogP contribution < -0.4 is 10.6 Å². The maximum Gasteiger partial charge on any atom is 0.246 e. The summed E-state index contributed by atoms with van der Waals surface area (Å²) in [5, 5.41) is 14.3. The van der Waals surface area contributed by atoms with Crippen molar-refractivity contribution in [1.82, 2.24) is 24.9 Å². The summed E-state index contributed by atoms with van der Waals surface area (Å²) in [6.45, 7) is 4.19. The third kappa shape index (κ3) is 5.55. The van der Waals surface area contributed by atoms with Gasteiger partial charge in [0.1, 0.15) is 12.4 Å². The minimum atomic E-state index is -0.313. The van der Waals surface area contributed by atoms with Crippen molar-refractivity contribution in [3.8, 4) is 5.69 Å². The number of rotatable bonds is 8. The van der Waals surface area contributed by atoms with Gasteiger partial charge in [0, 0.05) is 35.9 Å². The van der Waals surface area contributed by atoms with Crippen molar-refractivity contribution in [2.24, 2.45) is 0 Å². The summed E-state index contributed by atoms with van der Waals surface area (Å²) in [6.07, 6.45) is 3.52. The van der Waals surface area contributed by atoms with Crippen molar-refractivity contribution in [2.75, 3.05) is 5.32 Å². The molecule has 0 aliphatic rings. The van der Waals surface area contributed by atoms with Crippen LogP contribution in [0.3, 0.4) is 0 Å². The van der Waals surface area contributed by atoms with Crippen LogP contribution in [0.25, 0.3) is 5.69 Å². The van der Waals surface area contributed by atoms with Crippen LogP contribution in [-0.4, -0.2) is 31.4 Å². The van der Waals surface area contributed by atoms with Gasteiger partial charge in [-0.2, -0.15) is 10.2 Å². The van der Waals surface area contributed by atoms with E-state index in [-0.39, 0.29) is 30.6 Å². The molecule has 174 valence electrons. The molecule has 4 aromatic rings. The number of halogens is 1. The van der Waals surface area contributed by atoms with Crippen LogP contribution in [0.2, 0.25) is 0 Å². The Labute approximate surface area is 196 Å². The maximum atomic E-state index is 13.2. The maximum absolute atomic E-state index is 13.2. The largest absolute Gasteiger partial charge is 0.352 e. The molecule has 9 heteroatoms. The van der Waals surface area contributed by atoms with Crippen LogP contribution >= 0.6 is 0 Å². The van der Waals surface area contributed by atoms with Crippen molar-refractivity contribution in [2.45, 2.75) is 33.4 Å². The highest BCUT2D eigenvalue weighted by atomic mass is 19.1. The minimum absolute atomic E-state index is 0.123. The van der Waals surface area contributed by atoms with Gasteiger partial charge in [0.25, 0.3) is 0 Å². The summed E-state index contributed by atoms with van der Waals surface area (Å²) in [5.74, 6) is -0.640. The average molecular weight is 461 g/mol. The molecule has 0 bridgehead atoms. The number of hydrogen-bond donors (Lipinski definition) is 2. The third-order valence-corrected chi connectivity index (χ3v) is 5.41. The molecule has 2 N–H and O–H groups in total. The fraction of sp³-hybridized carbons (Fsp3) is 0.200. The predicted molar refractivity (Wildman–Crippen MR) is 126 cm³/mol. The number of nitrogens with one attached hydrogen (secondary N) is 2. The Hall–Kier alpha value is -4.27. The lowest BCUT2D eigenvalue weighted by molar-refractivity contribution is -0.120. The van der Waals surface area contributed by atoms with Gasteiger partial charge in [0.15, 0.2) is 0 Å². The van der Waals surface area contributed by atoms with Crippen LogP contribution in [0.5, 0.6) is 0 Å². The van der Waals surface area contributed by atoms with Crippen LogP contribution in [-0.2, 0) is 29.1 Å². The van der Waals surface area contributed by atoms with Crippen LogP contribution in [0.15, 0.2) is 67.0 Å². The molecular formula is C25H25FN6O2. The van der Waals surface area contributed by atoms with Crippen molar-refractivity contribution in [3.63, 3.8) is 0 Å². The molecule has 0 aliphatic heterocycles. The van der Waals surface area contributed by atoms with Crippen molar-refractivity contribution in [1.29, 1.82) is 0 Å². The minimum Gasteiger partial charge on any atom is -0.352 e. The van der Waals surface area contributed by atoms with Gasteiger partial charge in [0.05, 0.1) is 17.8 Å². The Morgan fingerprint density at radius 1 is 1.03 bits per heavy atom. The molecule has 2 amide bonds. The zero-order chi connectivity index (χ0) is 24.1. The van der Waals surface area contributed by atoms with Gasteiger partial charge in [-0.15, -0.1) is 0 Å². The van der Waals surface area contributed by atoms with Crippen molar-refractivity contribution in [3.05, 3.63) is 95.3 Å². The first kappa shape index (κ1) is 22.9. The summed E-state index contributed by atoms with van der Waals surface area (Å²) < 4.78 is 16.5. The highest BCUT2D eigenvalue weighted by molar-refractivity contribution is 5.90. The van der Waals surface area contributed by atoms with E-state index in [1.54, 1.807) is 46.0 Å². The Morgan fingerprint density at radius 2 is 1.82 bits per heavy atom. The van der Waals surface area contributed by atoms with Gasteiger partial charge in [-0.05, 0) is 61.9 Å². The zero-order valence-electron chi connectivity index (χ0n) is 19.0. The lowest BCUT2D eigenvalue weighted by Gasteiger charge is -2.09. The molecule has 0 unspecified atom stereocenters. The van der Waals surface area contributed by atoms with E-state index in [0.29, 0.717) is 12.2 Å². The van der Waals surface area contributed by atoms with Crippen LogP contribution in [0.4, 0.5) is 10.1 Å². The molecule has 2 heterocycles. The van der Waals surface area contributed by atoms with Gasteiger partial charge in [-0.1, -0.05) is 12.1 Å². The topological polar surface area (TPSA) is 93.8 Å². The molecule has 8 nitrogen and oxygen atoms in total. The number of benzene rings is 2. The van der Waals surface area contributed by atoms with Crippen molar-refractivity contribution < 1.29 is 14.0 Å². The standard InChI is InChI=1S/C25H25FN6O2/c1-17-23(18(2)32(30-17)22-9-7-20(26)8-10-22)14-24(33)27-15-19-5-3-6-21(13-19)29-25(34)16-31-12-4-11-28-31/h3-13H,14-16H2,1-2H3,(H,27,33)(H,29,34).